The van der Waals surface area contributed by atoms with E-state index in [2.05, 4.69) is 31.8 Å². The van der Waals surface area contributed by atoms with Crippen molar-refractivity contribution in [2.24, 2.45) is 0 Å². The van der Waals surface area contributed by atoms with Crippen LogP contribution in [-0.2, 0) is 12.3 Å². The van der Waals surface area contributed by atoms with E-state index in [0.29, 0.717) is 11.6 Å². The van der Waals surface area contributed by atoms with Gasteiger partial charge in [0.05, 0.1) is 12.9 Å². The number of benzene rings is 1. The summed E-state index contributed by atoms with van der Waals surface area (Å²) in [7, 11) is 1.66. The number of aromatic nitrogens is 5. The first-order valence-corrected chi connectivity index (χ1v) is 10.1. The third-order valence-electron chi connectivity index (χ3n) is 4.13. The lowest BCUT2D eigenvalue weighted by molar-refractivity contribution is 0.382. The first-order chi connectivity index (χ1) is 13.1. The van der Waals surface area contributed by atoms with Crippen molar-refractivity contribution in [2.75, 3.05) is 7.11 Å². The van der Waals surface area contributed by atoms with Crippen molar-refractivity contribution in [1.82, 2.24) is 24.9 Å². The van der Waals surface area contributed by atoms with Crippen LogP contribution >= 0.6 is 11.8 Å². The van der Waals surface area contributed by atoms with Gasteiger partial charge in [0.25, 0.3) is 0 Å². The number of rotatable bonds is 9. The molecule has 0 aliphatic carbocycles. The molecule has 7 nitrogen and oxygen atoms in total. The molecule has 0 saturated carbocycles. The number of hydrogen-bond acceptors (Lipinski definition) is 7. The smallest absolute Gasteiger partial charge is 0.237 e. The number of hydrogen-bond donors (Lipinski definition) is 0. The predicted octanol–water partition coefficient (Wildman–Crippen LogP) is 4.55. The Morgan fingerprint density at radius 3 is 2.59 bits per heavy atom. The molecule has 0 unspecified atom stereocenters. The molecular formula is C19H25N5O2S. The van der Waals surface area contributed by atoms with E-state index in [1.54, 1.807) is 18.9 Å². The largest absolute Gasteiger partial charge is 0.497 e. The highest BCUT2D eigenvalue weighted by molar-refractivity contribution is 7.98. The molecule has 0 fully saturated rings. The minimum absolute atomic E-state index is 0.252. The molecule has 0 bridgehead atoms. The Labute approximate surface area is 163 Å². The van der Waals surface area contributed by atoms with Crippen LogP contribution < -0.4 is 4.74 Å². The third kappa shape index (κ3) is 4.68. The average Bonchev–Trinajstić information content (AvgIpc) is 3.32. The van der Waals surface area contributed by atoms with E-state index in [0.717, 1.165) is 47.5 Å². The molecular weight excluding hydrogens is 362 g/mol. The van der Waals surface area contributed by atoms with E-state index in [4.69, 9.17) is 9.26 Å². The van der Waals surface area contributed by atoms with E-state index in [9.17, 15) is 0 Å². The summed E-state index contributed by atoms with van der Waals surface area (Å²) in [6.45, 7) is 7.14. The van der Waals surface area contributed by atoms with Gasteiger partial charge in [0, 0.05) is 18.0 Å². The predicted molar refractivity (Wildman–Crippen MR) is 105 cm³/mol. The summed E-state index contributed by atoms with van der Waals surface area (Å²) < 4.78 is 12.7. The number of nitrogens with zero attached hydrogens (tertiary/aromatic N) is 5. The average molecular weight is 388 g/mol. The second-order valence-corrected chi connectivity index (χ2v) is 7.47. The molecule has 3 aromatic rings. The first kappa shape index (κ1) is 19.4. The normalized spacial score (nSPS) is 11.3. The van der Waals surface area contributed by atoms with Crippen LogP contribution in [-0.4, -0.2) is 32.0 Å². The highest BCUT2D eigenvalue weighted by Gasteiger charge is 2.16. The summed E-state index contributed by atoms with van der Waals surface area (Å²) in [5.74, 6) is 3.86. The van der Waals surface area contributed by atoms with Gasteiger partial charge in [-0.05, 0) is 30.7 Å². The molecule has 0 aliphatic rings. The summed E-state index contributed by atoms with van der Waals surface area (Å²) >= 11 is 1.57. The molecule has 8 heteroatoms. The molecule has 0 radical (unpaired) electrons. The fraction of sp³-hybridized carbons (Fsp3) is 0.474. The quantitative estimate of drug-likeness (QED) is 0.498. The summed E-state index contributed by atoms with van der Waals surface area (Å²) in [6, 6.07) is 7.89. The van der Waals surface area contributed by atoms with Crippen molar-refractivity contribution in [3.8, 4) is 17.1 Å². The van der Waals surface area contributed by atoms with Crippen molar-refractivity contribution in [3.05, 3.63) is 36.0 Å². The molecule has 3 rings (SSSR count). The fourth-order valence-electron chi connectivity index (χ4n) is 2.55. The van der Waals surface area contributed by atoms with Crippen LogP contribution in [0.1, 0.15) is 51.2 Å². The van der Waals surface area contributed by atoms with Crippen LogP contribution in [0.25, 0.3) is 11.4 Å². The van der Waals surface area contributed by atoms with Crippen LogP contribution in [0.2, 0.25) is 0 Å². The van der Waals surface area contributed by atoms with Crippen molar-refractivity contribution in [1.29, 1.82) is 0 Å². The lowest BCUT2D eigenvalue weighted by Gasteiger charge is -2.09. The molecule has 0 atom stereocenters. The van der Waals surface area contributed by atoms with Crippen LogP contribution in [0.4, 0.5) is 0 Å². The minimum Gasteiger partial charge on any atom is -0.497 e. The summed E-state index contributed by atoms with van der Waals surface area (Å²) in [6.07, 6.45) is 2.17. The summed E-state index contributed by atoms with van der Waals surface area (Å²) in [5.41, 5.74) is 1.02. The van der Waals surface area contributed by atoms with Gasteiger partial charge in [-0.3, -0.25) is 0 Å². The van der Waals surface area contributed by atoms with Gasteiger partial charge in [0.15, 0.2) is 16.8 Å². The summed E-state index contributed by atoms with van der Waals surface area (Å²) in [5, 5.41) is 13.7. The van der Waals surface area contributed by atoms with E-state index in [1.807, 2.05) is 38.1 Å². The molecule has 0 spiro atoms. The van der Waals surface area contributed by atoms with Gasteiger partial charge in [0.1, 0.15) is 5.75 Å². The zero-order valence-corrected chi connectivity index (χ0v) is 17.0. The summed E-state index contributed by atoms with van der Waals surface area (Å²) in [4.78, 5) is 4.43. The Hall–Kier alpha value is -2.35. The van der Waals surface area contributed by atoms with E-state index < -0.39 is 0 Å². The lowest BCUT2D eigenvalue weighted by Crippen LogP contribution is -2.03. The molecule has 0 saturated heterocycles. The Bertz CT molecular complexity index is 857. The lowest BCUT2D eigenvalue weighted by atomic mass is 10.2. The standard InChI is InChI=1S/C19H25N5O2S/c1-5-6-11-24-18(14-7-9-15(25-4)10-8-14)21-22-19(24)27-12-16-20-17(13(2)3)23-26-16/h7-10,13H,5-6,11-12H2,1-4H3. The number of ether oxygens (including phenoxy) is 1. The Morgan fingerprint density at radius 2 is 1.96 bits per heavy atom. The van der Waals surface area contributed by atoms with Crippen LogP contribution in [0.15, 0.2) is 33.9 Å². The Morgan fingerprint density at radius 1 is 1.19 bits per heavy atom. The molecule has 0 amide bonds. The number of methoxy groups -OCH3 is 1. The molecule has 2 heterocycles. The topological polar surface area (TPSA) is 78.9 Å². The van der Waals surface area contributed by atoms with Crippen LogP contribution in [0.3, 0.4) is 0 Å². The van der Waals surface area contributed by atoms with Crippen LogP contribution in [0, 0.1) is 0 Å². The minimum atomic E-state index is 0.252. The third-order valence-corrected chi connectivity index (χ3v) is 5.08. The van der Waals surface area contributed by atoms with Gasteiger partial charge >= 0.3 is 0 Å². The van der Waals surface area contributed by atoms with Crippen molar-refractivity contribution >= 4 is 11.8 Å². The fourth-order valence-corrected chi connectivity index (χ4v) is 3.36. The van der Waals surface area contributed by atoms with Gasteiger partial charge in [-0.2, -0.15) is 4.98 Å². The van der Waals surface area contributed by atoms with Gasteiger partial charge in [-0.1, -0.05) is 44.1 Å². The van der Waals surface area contributed by atoms with Gasteiger partial charge < -0.3 is 13.8 Å². The number of thioether (sulfide) groups is 1. The number of unbranched alkanes of at least 4 members (excludes halogenated alkanes) is 1. The second kappa shape index (κ2) is 9.03. The van der Waals surface area contributed by atoms with Crippen LogP contribution in [0.5, 0.6) is 5.75 Å². The molecule has 144 valence electrons. The van der Waals surface area contributed by atoms with E-state index in [-0.39, 0.29) is 5.92 Å². The Kier molecular flexibility index (Phi) is 6.49. The molecule has 0 N–H and O–H groups in total. The second-order valence-electron chi connectivity index (χ2n) is 6.53. The van der Waals surface area contributed by atoms with Crippen molar-refractivity contribution in [2.45, 2.75) is 57.0 Å². The highest BCUT2D eigenvalue weighted by Crippen LogP contribution is 2.28. The van der Waals surface area contributed by atoms with E-state index in [1.165, 1.54) is 0 Å². The monoisotopic (exact) mass is 387 g/mol. The van der Waals surface area contributed by atoms with Gasteiger partial charge in [0.2, 0.25) is 5.89 Å². The van der Waals surface area contributed by atoms with Crippen molar-refractivity contribution in [3.63, 3.8) is 0 Å². The maximum Gasteiger partial charge on any atom is 0.237 e. The highest BCUT2D eigenvalue weighted by atomic mass is 32.2. The molecule has 1 aromatic carbocycles. The van der Waals surface area contributed by atoms with Gasteiger partial charge in [-0.15, -0.1) is 10.2 Å². The maximum atomic E-state index is 5.33. The van der Waals surface area contributed by atoms with E-state index >= 15 is 0 Å². The zero-order valence-electron chi connectivity index (χ0n) is 16.2. The maximum absolute atomic E-state index is 5.33. The molecule has 27 heavy (non-hydrogen) atoms. The Balaban J connectivity index is 1.80. The van der Waals surface area contributed by atoms with Gasteiger partial charge in [-0.25, -0.2) is 0 Å². The first-order valence-electron chi connectivity index (χ1n) is 9.15. The van der Waals surface area contributed by atoms with Crippen molar-refractivity contribution < 1.29 is 9.26 Å². The molecule has 0 aliphatic heterocycles. The SMILES string of the molecule is CCCCn1c(SCc2nc(C(C)C)no2)nnc1-c1ccc(OC)cc1. The molecule has 2 aromatic heterocycles. The zero-order chi connectivity index (χ0) is 19.2.